The largest absolute Gasteiger partial charge is 0.327 e. The summed E-state index contributed by atoms with van der Waals surface area (Å²) in [5, 5.41) is 3.20. The van der Waals surface area contributed by atoms with Crippen LogP contribution >= 0.6 is 0 Å². The molecule has 0 atom stereocenters. The minimum Gasteiger partial charge on any atom is -0.327 e. The van der Waals surface area contributed by atoms with E-state index >= 15 is 0 Å². The van der Waals surface area contributed by atoms with Crippen LogP contribution in [0.5, 0.6) is 0 Å². The molecular formula is C16H18N4. The maximum absolute atomic E-state index is 4.73. The first-order valence-corrected chi connectivity index (χ1v) is 6.80. The van der Waals surface area contributed by atoms with Crippen molar-refractivity contribution in [3.63, 3.8) is 0 Å². The average molecular weight is 266 g/mol. The highest BCUT2D eigenvalue weighted by atomic mass is 15.1. The molecule has 102 valence electrons. The zero-order valence-corrected chi connectivity index (χ0v) is 11.8. The van der Waals surface area contributed by atoms with Gasteiger partial charge < -0.3 is 9.88 Å². The number of hydrogen-bond acceptors (Lipinski definition) is 3. The summed E-state index contributed by atoms with van der Waals surface area (Å²) >= 11 is 0. The van der Waals surface area contributed by atoms with Crippen molar-refractivity contribution >= 4 is 11.0 Å². The minimum atomic E-state index is 0.938. The molecule has 20 heavy (non-hydrogen) atoms. The predicted molar refractivity (Wildman–Crippen MR) is 81.6 cm³/mol. The lowest BCUT2D eigenvalue weighted by molar-refractivity contribution is 0.791. The van der Waals surface area contributed by atoms with E-state index in [9.17, 15) is 0 Å². The lowest BCUT2D eigenvalue weighted by Gasteiger charge is -2.09. The number of likely N-dealkylation sites (N-methyl/N-ethyl adjacent to an activating group) is 1. The first kappa shape index (κ1) is 12.8. The van der Waals surface area contributed by atoms with Gasteiger partial charge in [0.15, 0.2) is 0 Å². The van der Waals surface area contributed by atoms with Crippen molar-refractivity contribution in [2.45, 2.75) is 6.42 Å². The highest BCUT2D eigenvalue weighted by Crippen LogP contribution is 2.26. The molecule has 0 unspecified atom stereocenters. The second kappa shape index (κ2) is 5.43. The Bertz CT molecular complexity index is 730. The normalized spacial score (nSPS) is 11.1. The first-order valence-electron chi connectivity index (χ1n) is 6.80. The molecule has 0 saturated heterocycles. The van der Waals surface area contributed by atoms with E-state index in [2.05, 4.69) is 46.2 Å². The van der Waals surface area contributed by atoms with Gasteiger partial charge in [-0.1, -0.05) is 24.3 Å². The van der Waals surface area contributed by atoms with Crippen molar-refractivity contribution in [2.75, 3.05) is 13.6 Å². The van der Waals surface area contributed by atoms with E-state index < -0.39 is 0 Å². The summed E-state index contributed by atoms with van der Waals surface area (Å²) in [6.45, 7) is 0.961. The number of nitrogens with zero attached hydrogens (tertiary/aromatic N) is 3. The summed E-state index contributed by atoms with van der Waals surface area (Å²) in [6, 6.07) is 10.5. The number of pyridine rings is 1. The standard InChI is InChI=1S/C16H18N4/c1-17-9-7-12-5-3-4-6-13(12)16-19-14-11-18-10-8-15(14)20(16)2/h3-6,8,10-11,17H,7,9H2,1-2H3. The SMILES string of the molecule is CNCCc1ccccc1-c1nc2cnccc2n1C. The molecule has 0 saturated carbocycles. The minimum absolute atomic E-state index is 0.938. The van der Waals surface area contributed by atoms with Crippen LogP contribution in [0.15, 0.2) is 42.7 Å². The van der Waals surface area contributed by atoms with E-state index in [0.29, 0.717) is 0 Å². The molecule has 4 nitrogen and oxygen atoms in total. The molecule has 1 aromatic carbocycles. The molecule has 0 spiro atoms. The Labute approximate surface area is 118 Å². The van der Waals surface area contributed by atoms with Gasteiger partial charge in [-0.15, -0.1) is 0 Å². The van der Waals surface area contributed by atoms with Crippen molar-refractivity contribution in [2.24, 2.45) is 7.05 Å². The molecule has 4 heteroatoms. The molecule has 2 aromatic heterocycles. The van der Waals surface area contributed by atoms with Crippen molar-refractivity contribution in [1.82, 2.24) is 19.9 Å². The summed E-state index contributed by atoms with van der Waals surface area (Å²) in [7, 11) is 4.03. The zero-order valence-electron chi connectivity index (χ0n) is 11.8. The van der Waals surface area contributed by atoms with Crippen LogP contribution in [0.3, 0.4) is 0 Å². The van der Waals surface area contributed by atoms with E-state index in [-0.39, 0.29) is 0 Å². The van der Waals surface area contributed by atoms with Gasteiger partial charge in [-0.2, -0.15) is 0 Å². The number of aryl methyl sites for hydroxylation is 1. The fourth-order valence-corrected chi connectivity index (χ4v) is 2.51. The van der Waals surface area contributed by atoms with Crippen LogP contribution in [-0.2, 0) is 13.5 Å². The molecule has 0 aliphatic rings. The van der Waals surface area contributed by atoms with Crippen molar-refractivity contribution in [3.8, 4) is 11.4 Å². The molecule has 0 radical (unpaired) electrons. The second-order valence-electron chi connectivity index (χ2n) is 4.87. The summed E-state index contributed by atoms with van der Waals surface area (Å²) in [5.74, 6) is 1.000. The summed E-state index contributed by atoms with van der Waals surface area (Å²) in [4.78, 5) is 8.88. The van der Waals surface area contributed by atoms with Crippen LogP contribution in [0, 0.1) is 0 Å². The quantitative estimate of drug-likeness (QED) is 0.788. The zero-order chi connectivity index (χ0) is 13.9. The maximum Gasteiger partial charge on any atom is 0.141 e. The topological polar surface area (TPSA) is 42.7 Å². The van der Waals surface area contributed by atoms with Crippen molar-refractivity contribution < 1.29 is 0 Å². The van der Waals surface area contributed by atoms with Gasteiger partial charge in [-0.3, -0.25) is 4.98 Å². The van der Waals surface area contributed by atoms with Crippen molar-refractivity contribution in [3.05, 3.63) is 48.3 Å². The summed E-state index contributed by atoms with van der Waals surface area (Å²) in [6.07, 6.45) is 4.61. The fourth-order valence-electron chi connectivity index (χ4n) is 2.51. The van der Waals surface area contributed by atoms with Gasteiger partial charge in [0.1, 0.15) is 11.3 Å². The number of nitrogens with one attached hydrogen (secondary N) is 1. The number of rotatable bonds is 4. The number of fused-ring (bicyclic) bond motifs is 1. The third kappa shape index (κ3) is 2.18. The van der Waals surface area contributed by atoms with E-state index in [1.165, 1.54) is 11.1 Å². The molecule has 0 amide bonds. The molecule has 2 heterocycles. The Morgan fingerprint density at radius 1 is 1.20 bits per heavy atom. The van der Waals surface area contributed by atoms with E-state index in [1.54, 1.807) is 6.20 Å². The average Bonchev–Trinajstić information content (AvgIpc) is 2.83. The van der Waals surface area contributed by atoms with Crippen LogP contribution in [0.4, 0.5) is 0 Å². The van der Waals surface area contributed by atoms with Crippen LogP contribution in [0.25, 0.3) is 22.4 Å². The highest BCUT2D eigenvalue weighted by Gasteiger charge is 2.12. The van der Waals surface area contributed by atoms with Gasteiger partial charge in [-0.05, 0) is 31.6 Å². The van der Waals surface area contributed by atoms with Gasteiger partial charge in [0.25, 0.3) is 0 Å². The van der Waals surface area contributed by atoms with Crippen LogP contribution in [0.1, 0.15) is 5.56 Å². The fraction of sp³-hybridized carbons (Fsp3) is 0.250. The van der Waals surface area contributed by atoms with Gasteiger partial charge in [-0.25, -0.2) is 4.98 Å². The molecule has 0 aliphatic heterocycles. The molecule has 0 fully saturated rings. The highest BCUT2D eigenvalue weighted by molar-refractivity contribution is 5.80. The molecule has 0 bridgehead atoms. The first-order chi connectivity index (χ1) is 9.81. The Hall–Kier alpha value is -2.20. The number of benzene rings is 1. The third-order valence-corrected chi connectivity index (χ3v) is 3.59. The van der Waals surface area contributed by atoms with E-state index in [0.717, 1.165) is 29.8 Å². The summed E-state index contributed by atoms with van der Waals surface area (Å²) < 4.78 is 2.13. The molecule has 3 rings (SSSR count). The molecule has 0 aliphatic carbocycles. The number of hydrogen-bond donors (Lipinski definition) is 1. The smallest absolute Gasteiger partial charge is 0.141 e. The van der Waals surface area contributed by atoms with E-state index in [4.69, 9.17) is 4.98 Å². The monoisotopic (exact) mass is 266 g/mol. The van der Waals surface area contributed by atoms with Crippen molar-refractivity contribution in [1.29, 1.82) is 0 Å². The lowest BCUT2D eigenvalue weighted by atomic mass is 10.0. The van der Waals surface area contributed by atoms with Crippen LogP contribution in [0.2, 0.25) is 0 Å². The predicted octanol–water partition coefficient (Wildman–Crippen LogP) is 2.40. The van der Waals surface area contributed by atoms with Crippen LogP contribution < -0.4 is 5.32 Å². The molecule has 3 aromatic rings. The Balaban J connectivity index is 2.13. The van der Waals surface area contributed by atoms with Gasteiger partial charge >= 0.3 is 0 Å². The second-order valence-corrected chi connectivity index (χ2v) is 4.87. The Morgan fingerprint density at radius 2 is 2.05 bits per heavy atom. The molecule has 1 N–H and O–H groups in total. The maximum atomic E-state index is 4.73. The molecular weight excluding hydrogens is 248 g/mol. The third-order valence-electron chi connectivity index (χ3n) is 3.59. The van der Waals surface area contributed by atoms with Gasteiger partial charge in [0.05, 0.1) is 11.7 Å². The van der Waals surface area contributed by atoms with E-state index in [1.807, 2.05) is 19.3 Å². The lowest BCUT2D eigenvalue weighted by Crippen LogP contribution is -2.11. The Kier molecular flexibility index (Phi) is 3.48. The number of imidazole rings is 1. The summed E-state index contributed by atoms with van der Waals surface area (Å²) in [5.41, 5.74) is 4.56. The van der Waals surface area contributed by atoms with Crippen LogP contribution in [-0.4, -0.2) is 28.1 Å². The Morgan fingerprint density at radius 3 is 2.85 bits per heavy atom. The van der Waals surface area contributed by atoms with Gasteiger partial charge in [0, 0.05) is 18.8 Å². The van der Waals surface area contributed by atoms with Gasteiger partial charge in [0.2, 0.25) is 0 Å². The number of aromatic nitrogens is 3.